The molecule has 2 N–H and O–H groups in total. The lowest BCUT2D eigenvalue weighted by Crippen LogP contribution is -2.45. The zero-order valence-corrected chi connectivity index (χ0v) is 17.6. The van der Waals surface area contributed by atoms with Crippen molar-refractivity contribution in [3.63, 3.8) is 0 Å². The van der Waals surface area contributed by atoms with E-state index in [4.69, 9.17) is 4.74 Å². The number of rotatable bonds is 7. The maximum atomic E-state index is 12.2. The summed E-state index contributed by atoms with van der Waals surface area (Å²) in [7, 11) is -1.57. The highest BCUT2D eigenvalue weighted by molar-refractivity contribution is 14.0. The number of hydrogen-bond acceptors (Lipinski definition) is 4. The number of sulfonamides is 1. The van der Waals surface area contributed by atoms with E-state index in [2.05, 4.69) is 27.8 Å². The molecule has 1 aliphatic rings. The molecule has 1 saturated heterocycles. The summed E-state index contributed by atoms with van der Waals surface area (Å²) in [5.74, 6) is 0.662. The second-order valence-electron chi connectivity index (χ2n) is 5.49. The van der Waals surface area contributed by atoms with Gasteiger partial charge in [0.15, 0.2) is 5.96 Å². The van der Waals surface area contributed by atoms with Crippen LogP contribution in [0.1, 0.15) is 5.56 Å². The molecule has 142 valence electrons. The summed E-state index contributed by atoms with van der Waals surface area (Å²) in [6.45, 7) is 2.87. The van der Waals surface area contributed by atoms with Gasteiger partial charge in [-0.1, -0.05) is 30.3 Å². The van der Waals surface area contributed by atoms with E-state index >= 15 is 0 Å². The summed E-state index contributed by atoms with van der Waals surface area (Å²) in [5, 5.41) is 6.25. The smallest absolute Gasteiger partial charge is 0.215 e. The Bertz CT molecular complexity index is 620. The van der Waals surface area contributed by atoms with Gasteiger partial charge in [-0.15, -0.1) is 24.0 Å². The van der Waals surface area contributed by atoms with Gasteiger partial charge < -0.3 is 15.4 Å². The first-order valence-corrected chi connectivity index (χ1v) is 9.77. The molecular weight excluding hydrogens is 455 g/mol. The second kappa shape index (κ2) is 11.7. The van der Waals surface area contributed by atoms with Gasteiger partial charge in [0.25, 0.3) is 0 Å². The van der Waals surface area contributed by atoms with Gasteiger partial charge in [-0.3, -0.25) is 4.99 Å². The third-order valence-corrected chi connectivity index (χ3v) is 5.66. The number of aliphatic imine (C=N–C) groups is 1. The van der Waals surface area contributed by atoms with Crippen molar-refractivity contribution in [1.82, 2.24) is 14.9 Å². The summed E-state index contributed by atoms with van der Waals surface area (Å²) in [4.78, 5) is 4.12. The van der Waals surface area contributed by atoms with Crippen molar-refractivity contribution in [3.05, 3.63) is 35.9 Å². The number of ether oxygens (including phenoxy) is 1. The van der Waals surface area contributed by atoms with E-state index < -0.39 is 10.0 Å². The van der Waals surface area contributed by atoms with E-state index in [1.807, 2.05) is 18.2 Å². The van der Waals surface area contributed by atoms with Crippen molar-refractivity contribution in [2.45, 2.75) is 6.42 Å². The van der Waals surface area contributed by atoms with Gasteiger partial charge in [-0.05, 0) is 12.0 Å². The molecule has 0 aromatic heterocycles. The summed E-state index contributed by atoms with van der Waals surface area (Å²) in [6.07, 6.45) is 0.883. The molecule has 1 fully saturated rings. The zero-order chi connectivity index (χ0) is 17.3. The quantitative estimate of drug-likeness (QED) is 0.339. The molecule has 0 amide bonds. The summed E-state index contributed by atoms with van der Waals surface area (Å²) in [5.41, 5.74) is 1.25. The highest BCUT2D eigenvalue weighted by Gasteiger charge is 2.23. The van der Waals surface area contributed by atoms with Gasteiger partial charge in [0.2, 0.25) is 10.0 Å². The predicted molar refractivity (Wildman–Crippen MR) is 111 cm³/mol. The van der Waals surface area contributed by atoms with E-state index in [1.54, 1.807) is 7.05 Å². The van der Waals surface area contributed by atoms with Crippen LogP contribution in [0.25, 0.3) is 0 Å². The van der Waals surface area contributed by atoms with E-state index in [0.29, 0.717) is 38.8 Å². The van der Waals surface area contributed by atoms with Gasteiger partial charge >= 0.3 is 0 Å². The first kappa shape index (κ1) is 22.1. The zero-order valence-electron chi connectivity index (χ0n) is 14.5. The highest BCUT2D eigenvalue weighted by Crippen LogP contribution is 2.04. The van der Waals surface area contributed by atoms with E-state index in [9.17, 15) is 8.42 Å². The molecule has 7 nitrogen and oxygen atoms in total. The van der Waals surface area contributed by atoms with Crippen LogP contribution in [0.15, 0.2) is 35.3 Å². The van der Waals surface area contributed by atoms with Crippen LogP contribution in [0.5, 0.6) is 0 Å². The van der Waals surface area contributed by atoms with E-state index in [0.717, 1.165) is 13.0 Å². The largest absolute Gasteiger partial charge is 0.379 e. The molecule has 0 unspecified atom stereocenters. The monoisotopic (exact) mass is 482 g/mol. The Morgan fingerprint density at radius 2 is 1.80 bits per heavy atom. The Hall–Kier alpha value is -0.910. The molecule has 1 aliphatic heterocycles. The molecule has 0 aliphatic carbocycles. The van der Waals surface area contributed by atoms with Crippen LogP contribution in [0.4, 0.5) is 0 Å². The lowest BCUT2D eigenvalue weighted by atomic mass is 10.1. The van der Waals surface area contributed by atoms with Crippen molar-refractivity contribution in [1.29, 1.82) is 0 Å². The number of guanidine groups is 1. The maximum Gasteiger partial charge on any atom is 0.215 e. The van der Waals surface area contributed by atoms with Crippen molar-refractivity contribution >= 4 is 40.0 Å². The number of nitrogens with one attached hydrogen (secondary N) is 2. The Morgan fingerprint density at radius 3 is 2.44 bits per heavy atom. The van der Waals surface area contributed by atoms with E-state index in [1.165, 1.54) is 9.87 Å². The third kappa shape index (κ3) is 7.89. The van der Waals surface area contributed by atoms with Crippen molar-refractivity contribution < 1.29 is 13.2 Å². The van der Waals surface area contributed by atoms with Crippen LogP contribution in [0.2, 0.25) is 0 Å². The fourth-order valence-electron chi connectivity index (χ4n) is 2.44. The molecule has 0 bridgehead atoms. The van der Waals surface area contributed by atoms with Gasteiger partial charge in [-0.25, -0.2) is 8.42 Å². The molecule has 0 radical (unpaired) electrons. The molecular formula is C16H27IN4O3S. The first-order valence-electron chi connectivity index (χ1n) is 8.16. The minimum absolute atomic E-state index is 0. The van der Waals surface area contributed by atoms with E-state index in [-0.39, 0.29) is 29.7 Å². The van der Waals surface area contributed by atoms with Crippen LogP contribution >= 0.6 is 24.0 Å². The van der Waals surface area contributed by atoms with Crippen LogP contribution in [-0.4, -0.2) is 70.9 Å². The third-order valence-electron chi connectivity index (χ3n) is 3.79. The highest BCUT2D eigenvalue weighted by atomic mass is 127. The lowest BCUT2D eigenvalue weighted by molar-refractivity contribution is 0.0730. The van der Waals surface area contributed by atoms with Crippen molar-refractivity contribution in [2.75, 3.05) is 52.2 Å². The van der Waals surface area contributed by atoms with Crippen LogP contribution in [-0.2, 0) is 21.2 Å². The molecule has 0 spiro atoms. The average molecular weight is 482 g/mol. The molecule has 0 saturated carbocycles. The first-order chi connectivity index (χ1) is 11.6. The van der Waals surface area contributed by atoms with Crippen LogP contribution in [0.3, 0.4) is 0 Å². The van der Waals surface area contributed by atoms with Crippen LogP contribution < -0.4 is 10.6 Å². The Balaban J connectivity index is 0.00000312. The fraction of sp³-hybridized carbons (Fsp3) is 0.562. The topological polar surface area (TPSA) is 83.0 Å². The minimum atomic E-state index is -3.24. The maximum absolute atomic E-state index is 12.2. The standard InChI is InChI=1S/C16H26N4O3S.HI/c1-17-16(18-8-7-15-5-3-2-4-6-15)19-9-14-24(21,22)20-10-12-23-13-11-20;/h2-6H,7-14H2,1H3,(H2,17,18,19);1H. The molecule has 25 heavy (non-hydrogen) atoms. The molecule has 1 aromatic carbocycles. The Labute approximate surface area is 167 Å². The summed E-state index contributed by atoms with van der Waals surface area (Å²) < 4.78 is 31.1. The van der Waals surface area contributed by atoms with Gasteiger partial charge in [0.1, 0.15) is 0 Å². The predicted octanol–water partition coefficient (Wildman–Crippen LogP) is 0.674. The number of nitrogens with zero attached hydrogens (tertiary/aromatic N) is 2. The van der Waals surface area contributed by atoms with Gasteiger partial charge in [-0.2, -0.15) is 4.31 Å². The number of morpholine rings is 1. The number of hydrogen-bond donors (Lipinski definition) is 2. The SMILES string of the molecule is CN=C(NCCc1ccccc1)NCCS(=O)(=O)N1CCOCC1.I. The Morgan fingerprint density at radius 1 is 1.16 bits per heavy atom. The van der Waals surface area contributed by atoms with Crippen molar-refractivity contribution in [2.24, 2.45) is 4.99 Å². The number of benzene rings is 1. The second-order valence-corrected chi connectivity index (χ2v) is 7.58. The molecule has 1 aromatic rings. The summed E-state index contributed by atoms with van der Waals surface area (Å²) in [6, 6.07) is 10.2. The normalized spacial score (nSPS) is 16.1. The Kier molecular flexibility index (Phi) is 10.3. The average Bonchev–Trinajstić information content (AvgIpc) is 2.62. The lowest BCUT2D eigenvalue weighted by Gasteiger charge is -2.26. The minimum Gasteiger partial charge on any atom is -0.379 e. The molecule has 9 heteroatoms. The summed E-state index contributed by atoms with van der Waals surface area (Å²) >= 11 is 0. The fourth-order valence-corrected chi connectivity index (χ4v) is 3.77. The molecule has 2 rings (SSSR count). The van der Waals surface area contributed by atoms with Gasteiger partial charge in [0, 0.05) is 33.2 Å². The van der Waals surface area contributed by atoms with Crippen LogP contribution in [0, 0.1) is 0 Å². The van der Waals surface area contributed by atoms with Crippen molar-refractivity contribution in [3.8, 4) is 0 Å². The molecule has 1 heterocycles. The van der Waals surface area contributed by atoms with Gasteiger partial charge in [0.05, 0.1) is 19.0 Å². The molecule has 0 atom stereocenters. The number of halogens is 1.